The fourth-order valence-corrected chi connectivity index (χ4v) is 1.88. The molecule has 2 heterocycles. The predicted molar refractivity (Wildman–Crippen MR) is 43.1 cm³/mol. The molecular formula is C8H14NO3+. The average Bonchev–Trinajstić information content (AvgIpc) is 2.24. The van der Waals surface area contributed by atoms with E-state index in [1.165, 1.54) is 0 Å². The minimum absolute atomic E-state index is 0.0276. The molecule has 12 heavy (non-hydrogen) atoms. The SMILES string of the molecule is CC1/C(=C/CO)[OH+][C@@H]2C[C@H](O)N12. The molecule has 0 aliphatic carbocycles. The van der Waals surface area contributed by atoms with E-state index in [4.69, 9.17) is 5.11 Å². The lowest BCUT2D eigenvalue weighted by molar-refractivity contribution is -0.219. The topological polar surface area (TPSA) is 56.5 Å². The lowest BCUT2D eigenvalue weighted by Crippen LogP contribution is -2.55. The van der Waals surface area contributed by atoms with Crippen LogP contribution in [0.1, 0.15) is 13.3 Å². The molecule has 0 amide bonds. The summed E-state index contributed by atoms with van der Waals surface area (Å²) >= 11 is 0. The van der Waals surface area contributed by atoms with Crippen LogP contribution in [0.2, 0.25) is 0 Å². The molecule has 0 aromatic heterocycles. The molecule has 0 aromatic carbocycles. The Kier molecular flexibility index (Phi) is 1.83. The highest BCUT2D eigenvalue weighted by molar-refractivity contribution is 5.10. The van der Waals surface area contributed by atoms with Gasteiger partial charge in [-0.05, 0) is 6.92 Å². The third-order valence-electron chi connectivity index (χ3n) is 2.58. The lowest BCUT2D eigenvalue weighted by Gasteiger charge is -2.35. The Morgan fingerprint density at radius 3 is 3.00 bits per heavy atom. The molecule has 4 nitrogen and oxygen atoms in total. The fourth-order valence-electron chi connectivity index (χ4n) is 1.88. The van der Waals surface area contributed by atoms with Gasteiger partial charge in [0.05, 0.1) is 13.0 Å². The van der Waals surface area contributed by atoms with E-state index in [1.54, 1.807) is 6.08 Å². The van der Waals surface area contributed by atoms with E-state index < -0.39 is 0 Å². The van der Waals surface area contributed by atoms with Gasteiger partial charge in [-0.2, -0.15) is 4.90 Å². The largest absolute Gasteiger partial charge is 0.571 e. The van der Waals surface area contributed by atoms with Gasteiger partial charge < -0.3 is 14.9 Å². The van der Waals surface area contributed by atoms with Crippen molar-refractivity contribution in [3.8, 4) is 0 Å². The highest BCUT2D eigenvalue weighted by Crippen LogP contribution is 2.36. The smallest absolute Gasteiger partial charge is 0.250 e. The number of fused-ring (bicyclic) bond motifs is 1. The van der Waals surface area contributed by atoms with E-state index in [-0.39, 0.29) is 25.1 Å². The Bertz CT molecular complexity index is 216. The molecule has 2 aliphatic rings. The lowest BCUT2D eigenvalue weighted by atomic mass is 10.1. The van der Waals surface area contributed by atoms with E-state index in [0.29, 0.717) is 0 Å². The number of aliphatic hydroxyl groups excluding tert-OH is 2. The van der Waals surface area contributed by atoms with E-state index in [9.17, 15) is 5.11 Å². The molecule has 2 saturated heterocycles. The second kappa shape index (κ2) is 2.73. The van der Waals surface area contributed by atoms with E-state index in [0.717, 1.165) is 12.2 Å². The van der Waals surface area contributed by atoms with Crippen LogP contribution in [0.4, 0.5) is 0 Å². The zero-order chi connectivity index (χ0) is 8.72. The number of hydrogen-bond acceptors (Lipinski definition) is 3. The van der Waals surface area contributed by atoms with Gasteiger partial charge in [-0.3, -0.25) is 0 Å². The van der Waals surface area contributed by atoms with Crippen molar-refractivity contribution >= 4 is 0 Å². The van der Waals surface area contributed by atoms with Gasteiger partial charge in [0.2, 0.25) is 5.76 Å². The van der Waals surface area contributed by atoms with Crippen LogP contribution in [0.15, 0.2) is 11.8 Å². The van der Waals surface area contributed by atoms with Crippen molar-refractivity contribution in [3.63, 3.8) is 0 Å². The van der Waals surface area contributed by atoms with Crippen LogP contribution in [0.25, 0.3) is 0 Å². The normalized spacial score (nSPS) is 43.9. The summed E-state index contributed by atoms with van der Waals surface area (Å²) in [6.45, 7) is 2.02. The molecule has 4 heteroatoms. The second-order valence-electron chi connectivity index (χ2n) is 3.26. The molecule has 68 valence electrons. The summed E-state index contributed by atoms with van der Waals surface area (Å²) in [6.07, 6.45) is 2.26. The first kappa shape index (κ1) is 8.04. The molecule has 3 N–H and O–H groups in total. The van der Waals surface area contributed by atoms with Gasteiger partial charge >= 0.3 is 0 Å². The van der Waals surface area contributed by atoms with Crippen molar-refractivity contribution in [2.45, 2.75) is 31.8 Å². The van der Waals surface area contributed by atoms with Crippen LogP contribution in [-0.2, 0) is 0 Å². The van der Waals surface area contributed by atoms with Gasteiger partial charge in [-0.15, -0.1) is 0 Å². The summed E-state index contributed by atoms with van der Waals surface area (Å²) in [5.74, 6) is 0.902. The number of rotatable bonds is 1. The van der Waals surface area contributed by atoms with Crippen molar-refractivity contribution in [2.24, 2.45) is 0 Å². The standard InChI is InChI=1S/C8H13NO3/c1-5-6(2-3-10)12-8-4-7(11)9(5)8/h2,5,7-8,10-11H,3-4H2,1H3/p+1/b6-2-/t5?,7-,8+/m0/s1. The van der Waals surface area contributed by atoms with Crippen molar-refractivity contribution < 1.29 is 14.9 Å². The van der Waals surface area contributed by atoms with Crippen LogP contribution in [0.3, 0.4) is 0 Å². The van der Waals surface area contributed by atoms with Crippen LogP contribution >= 0.6 is 0 Å². The number of nitrogens with zero attached hydrogens (tertiary/aromatic N) is 1. The Balaban J connectivity index is 2.10. The van der Waals surface area contributed by atoms with E-state index in [1.807, 2.05) is 11.8 Å². The minimum atomic E-state index is -0.335. The Morgan fingerprint density at radius 1 is 1.75 bits per heavy atom. The van der Waals surface area contributed by atoms with Crippen LogP contribution in [0, 0.1) is 0 Å². The third-order valence-corrected chi connectivity index (χ3v) is 2.58. The summed E-state index contributed by atoms with van der Waals surface area (Å²) in [6, 6.07) is 0.158. The summed E-state index contributed by atoms with van der Waals surface area (Å²) in [5, 5.41) is 18.0. The van der Waals surface area contributed by atoms with Crippen molar-refractivity contribution in [1.29, 1.82) is 0 Å². The highest BCUT2D eigenvalue weighted by atomic mass is 16.5. The molecule has 2 fully saturated rings. The first-order chi connectivity index (χ1) is 5.74. The zero-order valence-corrected chi connectivity index (χ0v) is 7.01. The predicted octanol–water partition coefficient (Wildman–Crippen LogP) is -0.857. The maximum absolute atomic E-state index is 9.35. The fraction of sp³-hybridized carbons (Fsp3) is 0.750. The molecule has 2 rings (SSSR count). The van der Waals surface area contributed by atoms with Crippen LogP contribution in [-0.4, -0.2) is 45.0 Å². The summed E-state index contributed by atoms with van der Waals surface area (Å²) in [4.78, 5) is 1.95. The average molecular weight is 172 g/mol. The van der Waals surface area contributed by atoms with Crippen molar-refractivity contribution in [2.75, 3.05) is 6.61 Å². The maximum atomic E-state index is 9.35. The molecule has 3 atom stereocenters. The number of aliphatic hydroxyl groups is 4. The van der Waals surface area contributed by atoms with Gasteiger partial charge in [0, 0.05) is 6.08 Å². The van der Waals surface area contributed by atoms with E-state index >= 15 is 0 Å². The molecule has 0 saturated carbocycles. The monoisotopic (exact) mass is 172 g/mol. The summed E-state index contributed by atoms with van der Waals surface area (Å²) in [5.41, 5.74) is 0. The molecule has 1 unspecified atom stereocenters. The van der Waals surface area contributed by atoms with Crippen LogP contribution in [0.5, 0.6) is 0 Å². The molecule has 2 aliphatic heterocycles. The van der Waals surface area contributed by atoms with Gasteiger partial charge in [0.1, 0.15) is 12.3 Å². The molecule has 0 spiro atoms. The molecule has 0 bridgehead atoms. The molecular weight excluding hydrogens is 158 g/mol. The second-order valence-corrected chi connectivity index (χ2v) is 3.26. The Hall–Kier alpha value is -0.580. The third kappa shape index (κ3) is 0.957. The van der Waals surface area contributed by atoms with Crippen molar-refractivity contribution in [3.05, 3.63) is 11.8 Å². The quantitative estimate of drug-likeness (QED) is 0.506. The molecule has 0 aromatic rings. The highest BCUT2D eigenvalue weighted by Gasteiger charge is 2.53. The minimum Gasteiger partial charge on any atom is -0.571 e. The van der Waals surface area contributed by atoms with Crippen LogP contribution < -0.4 is 0 Å². The zero-order valence-electron chi connectivity index (χ0n) is 7.01. The Labute approximate surface area is 71.1 Å². The number of ether oxygens (including phenoxy) is 1. The summed E-state index contributed by atoms with van der Waals surface area (Å²) < 4.78 is 4.34. The molecule has 0 radical (unpaired) electrons. The van der Waals surface area contributed by atoms with Crippen molar-refractivity contribution in [1.82, 2.24) is 4.90 Å². The Morgan fingerprint density at radius 2 is 2.50 bits per heavy atom. The maximum Gasteiger partial charge on any atom is 0.250 e. The first-order valence-corrected chi connectivity index (χ1v) is 4.21. The van der Waals surface area contributed by atoms with Gasteiger partial charge in [0.15, 0.2) is 0 Å². The van der Waals surface area contributed by atoms with Gasteiger partial charge in [-0.25, -0.2) is 0 Å². The van der Waals surface area contributed by atoms with Gasteiger partial charge in [0.25, 0.3) is 6.23 Å². The van der Waals surface area contributed by atoms with Gasteiger partial charge in [-0.1, -0.05) is 0 Å². The summed E-state index contributed by atoms with van der Waals surface area (Å²) in [7, 11) is 0. The first-order valence-electron chi connectivity index (χ1n) is 4.21. The van der Waals surface area contributed by atoms with E-state index in [2.05, 4.69) is 4.74 Å². The number of hydrogen-bond donors (Lipinski definition) is 2.